The van der Waals surface area contributed by atoms with Crippen LogP contribution in [0.15, 0.2) is 82.4 Å². The predicted molar refractivity (Wildman–Crippen MR) is 148 cm³/mol. The van der Waals surface area contributed by atoms with Gasteiger partial charge in [0.25, 0.3) is 0 Å². The number of hydrogen-bond acceptors (Lipinski definition) is 10. The zero-order valence-electron chi connectivity index (χ0n) is 23.2. The molecule has 40 heavy (non-hydrogen) atoms. The Hall–Kier alpha value is -4.09. The van der Waals surface area contributed by atoms with Gasteiger partial charge in [0.15, 0.2) is 0 Å². The normalized spacial score (nSPS) is 21.3. The van der Waals surface area contributed by atoms with Gasteiger partial charge in [-0.15, -0.1) is 0 Å². The van der Waals surface area contributed by atoms with Crippen LogP contribution in [0.25, 0.3) is 0 Å². The van der Waals surface area contributed by atoms with Gasteiger partial charge >= 0.3 is 12.0 Å². The lowest BCUT2D eigenvalue weighted by atomic mass is 9.89. The molecule has 1 atom stereocenters. The molecule has 5 rings (SSSR count). The molecule has 1 amide bonds. The highest BCUT2D eigenvalue weighted by Crippen LogP contribution is 2.34. The van der Waals surface area contributed by atoms with Crippen LogP contribution < -0.4 is 5.48 Å². The quantitative estimate of drug-likeness (QED) is 0.369. The van der Waals surface area contributed by atoms with Gasteiger partial charge < -0.3 is 14.4 Å². The largest absolute Gasteiger partial charge is 0.467 e. The van der Waals surface area contributed by atoms with E-state index in [1.807, 2.05) is 12.2 Å². The Labute approximate surface area is 234 Å². The molecule has 1 aromatic rings. The number of amides is 1. The number of likely N-dealkylation sites (tertiary alicyclic amines) is 1. The number of aliphatic imine (C=N–C) groups is 1. The second-order valence-corrected chi connectivity index (χ2v) is 10.0. The standard InChI is InChI=1S/C29H36N6O5/c1-21-26(28(37)38-2)27(24-12-17-34-25(18-24)19-30-40-34)35(29(31-21)39-3)33(20-36)14-7-13-32-15-10-23(11-16-32)22-8-5-4-6-9-22/h4-6,8-9,12,17-20,23,27,30H,7,10-11,13-16H2,1-3H3. The summed E-state index contributed by atoms with van der Waals surface area (Å²) in [6.07, 6.45) is 10.9. The summed E-state index contributed by atoms with van der Waals surface area (Å²) in [6, 6.07) is 10.2. The summed E-state index contributed by atoms with van der Waals surface area (Å²) in [5, 5.41) is 4.75. The monoisotopic (exact) mass is 548 g/mol. The first-order valence-corrected chi connectivity index (χ1v) is 13.6. The van der Waals surface area contributed by atoms with Gasteiger partial charge in [0, 0.05) is 12.7 Å². The number of hydroxylamine groups is 3. The molecule has 4 heterocycles. The average molecular weight is 549 g/mol. The van der Waals surface area contributed by atoms with E-state index >= 15 is 0 Å². The maximum absolute atomic E-state index is 13.0. The molecule has 0 bridgehead atoms. The maximum Gasteiger partial charge on any atom is 0.338 e. The molecule has 11 heteroatoms. The number of nitrogens with zero attached hydrogens (tertiary/aromatic N) is 5. The summed E-state index contributed by atoms with van der Waals surface area (Å²) in [6.45, 7) is 5.05. The lowest BCUT2D eigenvalue weighted by Gasteiger charge is -2.43. The first kappa shape index (κ1) is 27.5. The number of carbonyl (C=O) groups excluding carboxylic acids is 2. The third-order valence-electron chi connectivity index (χ3n) is 7.72. The predicted octanol–water partition coefficient (Wildman–Crippen LogP) is 2.81. The molecule has 11 nitrogen and oxygen atoms in total. The number of methoxy groups -OCH3 is 2. The molecule has 4 aliphatic rings. The minimum absolute atomic E-state index is 0.220. The topological polar surface area (TPSA) is 99.2 Å². The van der Waals surface area contributed by atoms with E-state index in [2.05, 4.69) is 45.7 Å². The molecule has 4 aliphatic heterocycles. The van der Waals surface area contributed by atoms with Crippen molar-refractivity contribution in [2.45, 2.75) is 38.1 Å². The minimum atomic E-state index is -0.702. The lowest BCUT2D eigenvalue weighted by Crippen LogP contribution is -2.56. The van der Waals surface area contributed by atoms with Crippen molar-refractivity contribution in [1.82, 2.24) is 25.5 Å². The summed E-state index contributed by atoms with van der Waals surface area (Å²) in [5.41, 5.74) is 6.40. The van der Waals surface area contributed by atoms with E-state index in [1.165, 1.54) is 24.8 Å². The summed E-state index contributed by atoms with van der Waals surface area (Å²) in [5.74, 6) is 0.0682. The molecule has 0 aliphatic carbocycles. The SMILES string of the molecule is COC(=O)C1=C(C)N=C(OC)N(N(C=O)CCCN2CCC(c3ccccc3)CC2)C1C1=CC2=CNON2C=C1. The van der Waals surface area contributed by atoms with E-state index in [0.29, 0.717) is 23.7 Å². The fraction of sp³-hybridized carbons (Fsp3) is 0.414. The molecule has 1 N–H and O–H groups in total. The van der Waals surface area contributed by atoms with Crippen molar-refractivity contribution < 1.29 is 24.0 Å². The molecule has 0 aromatic heterocycles. The summed E-state index contributed by atoms with van der Waals surface area (Å²) < 4.78 is 10.8. The minimum Gasteiger partial charge on any atom is -0.467 e. The summed E-state index contributed by atoms with van der Waals surface area (Å²) >= 11 is 0. The Balaban J connectivity index is 1.31. The highest BCUT2D eigenvalue weighted by Gasteiger charge is 2.41. The van der Waals surface area contributed by atoms with Gasteiger partial charge in [-0.25, -0.2) is 25.3 Å². The van der Waals surface area contributed by atoms with Crippen LogP contribution in [0, 0.1) is 0 Å². The van der Waals surface area contributed by atoms with Gasteiger partial charge in [0.05, 0.1) is 37.4 Å². The molecule has 1 unspecified atom stereocenters. The van der Waals surface area contributed by atoms with E-state index in [1.54, 1.807) is 29.4 Å². The number of piperidine rings is 1. The zero-order chi connectivity index (χ0) is 28.1. The van der Waals surface area contributed by atoms with Crippen LogP contribution in [0.1, 0.15) is 37.7 Å². The number of rotatable bonds is 9. The number of amidine groups is 1. The van der Waals surface area contributed by atoms with Crippen LogP contribution in [0.5, 0.6) is 0 Å². The van der Waals surface area contributed by atoms with Gasteiger partial charge in [-0.2, -0.15) is 4.94 Å². The van der Waals surface area contributed by atoms with Crippen molar-refractivity contribution in [2.24, 2.45) is 4.99 Å². The van der Waals surface area contributed by atoms with Crippen LogP contribution in [0.3, 0.4) is 0 Å². The number of ether oxygens (including phenoxy) is 2. The fourth-order valence-corrected chi connectivity index (χ4v) is 5.67. The van der Waals surface area contributed by atoms with Crippen LogP contribution in [0.2, 0.25) is 0 Å². The Morgan fingerprint density at radius 1 is 1.23 bits per heavy atom. The molecule has 1 saturated heterocycles. The number of carbonyl (C=O) groups is 2. The number of allylic oxidation sites excluding steroid dienone is 2. The summed E-state index contributed by atoms with van der Waals surface area (Å²) in [4.78, 5) is 37.8. The van der Waals surface area contributed by atoms with Crippen LogP contribution in [-0.2, 0) is 24.0 Å². The molecule has 0 saturated carbocycles. The Morgan fingerprint density at radius 2 is 2.00 bits per heavy atom. The molecule has 0 spiro atoms. The first-order valence-electron chi connectivity index (χ1n) is 13.6. The maximum atomic E-state index is 13.0. The highest BCUT2D eigenvalue weighted by molar-refractivity contribution is 5.95. The smallest absolute Gasteiger partial charge is 0.338 e. The zero-order valence-corrected chi connectivity index (χ0v) is 23.2. The van der Waals surface area contributed by atoms with Crippen molar-refractivity contribution in [3.05, 3.63) is 83.0 Å². The van der Waals surface area contributed by atoms with Crippen LogP contribution >= 0.6 is 0 Å². The Kier molecular flexibility index (Phi) is 8.51. The molecule has 0 radical (unpaired) electrons. The lowest BCUT2D eigenvalue weighted by molar-refractivity contribution is -0.140. The van der Waals surface area contributed by atoms with E-state index in [9.17, 15) is 9.59 Å². The summed E-state index contributed by atoms with van der Waals surface area (Å²) in [7, 11) is 2.84. The number of hydrogen-bond donors (Lipinski definition) is 1. The molecule has 1 aromatic carbocycles. The Morgan fingerprint density at radius 3 is 2.70 bits per heavy atom. The van der Waals surface area contributed by atoms with Crippen LogP contribution in [-0.4, -0.2) is 84.8 Å². The third-order valence-corrected chi connectivity index (χ3v) is 7.72. The van der Waals surface area contributed by atoms with Gasteiger partial charge in [-0.1, -0.05) is 30.3 Å². The Bertz CT molecular complexity index is 1250. The van der Waals surface area contributed by atoms with Gasteiger partial charge in [0.2, 0.25) is 6.41 Å². The highest BCUT2D eigenvalue weighted by atomic mass is 16.8. The second-order valence-electron chi connectivity index (χ2n) is 10.0. The average Bonchev–Trinajstić information content (AvgIpc) is 3.47. The number of hydrazine groups is 1. The number of nitrogens with one attached hydrogen (secondary N) is 1. The third kappa shape index (κ3) is 5.61. The molecular formula is C29H36N6O5. The first-order chi connectivity index (χ1) is 19.5. The van der Waals surface area contributed by atoms with Gasteiger partial charge in [0.1, 0.15) is 6.04 Å². The van der Waals surface area contributed by atoms with Crippen molar-refractivity contribution >= 4 is 18.4 Å². The molecule has 1 fully saturated rings. The van der Waals surface area contributed by atoms with E-state index in [0.717, 1.165) is 56.6 Å². The van der Waals surface area contributed by atoms with Crippen molar-refractivity contribution in [3.8, 4) is 0 Å². The molecular weight excluding hydrogens is 512 g/mol. The number of esters is 1. The van der Waals surface area contributed by atoms with E-state index in [-0.39, 0.29) is 6.02 Å². The van der Waals surface area contributed by atoms with Gasteiger partial charge in [-0.3, -0.25) is 9.80 Å². The van der Waals surface area contributed by atoms with Gasteiger partial charge in [-0.05, 0) is 75.0 Å². The van der Waals surface area contributed by atoms with E-state index in [4.69, 9.17) is 14.4 Å². The van der Waals surface area contributed by atoms with Crippen LogP contribution in [0.4, 0.5) is 0 Å². The van der Waals surface area contributed by atoms with Crippen molar-refractivity contribution in [3.63, 3.8) is 0 Å². The molecule has 212 valence electrons. The number of benzene rings is 1. The van der Waals surface area contributed by atoms with E-state index < -0.39 is 12.0 Å². The second kappa shape index (κ2) is 12.4. The van der Waals surface area contributed by atoms with Crippen molar-refractivity contribution in [1.29, 1.82) is 0 Å². The number of fused-ring (bicyclic) bond motifs is 1. The van der Waals surface area contributed by atoms with Crippen molar-refractivity contribution in [2.75, 3.05) is 40.4 Å². The fourth-order valence-electron chi connectivity index (χ4n) is 5.67.